The van der Waals surface area contributed by atoms with Gasteiger partial charge in [-0.25, -0.2) is 4.98 Å². The summed E-state index contributed by atoms with van der Waals surface area (Å²) in [4.78, 5) is 73.6. The number of thiazole rings is 1. The smallest absolute Gasteiger partial charge is 0.306 e. The molecule has 288 valence electrons. The fourth-order valence-corrected chi connectivity index (χ4v) is 7.54. The van der Waals surface area contributed by atoms with Crippen molar-refractivity contribution in [3.63, 3.8) is 0 Å². The molecule has 14 heteroatoms. The highest BCUT2D eigenvalue weighted by Gasteiger charge is 2.44. The van der Waals surface area contributed by atoms with Gasteiger partial charge >= 0.3 is 11.9 Å². The van der Waals surface area contributed by atoms with Gasteiger partial charge in [-0.1, -0.05) is 53.2 Å². The summed E-state index contributed by atoms with van der Waals surface area (Å²) in [6.07, 6.45) is 2.25. The quantitative estimate of drug-likeness (QED) is 0.124. The van der Waals surface area contributed by atoms with Gasteiger partial charge in [-0.05, 0) is 75.7 Å². The van der Waals surface area contributed by atoms with Crippen molar-refractivity contribution >= 4 is 46.7 Å². The number of hydrogen-bond donors (Lipinski definition) is 4. The first-order valence-electron chi connectivity index (χ1n) is 18.2. The van der Waals surface area contributed by atoms with Crippen molar-refractivity contribution < 1.29 is 33.8 Å². The third-order valence-electron chi connectivity index (χ3n) is 10.5. The number of nitrogens with one attached hydrogen (secondary N) is 2. The molecule has 1 aromatic heterocycles. The van der Waals surface area contributed by atoms with Crippen molar-refractivity contribution in [2.45, 2.75) is 117 Å². The summed E-state index contributed by atoms with van der Waals surface area (Å²) >= 11 is 1.17. The van der Waals surface area contributed by atoms with Gasteiger partial charge in [0.1, 0.15) is 16.7 Å². The standard InChI is InChI=1S/C38H58N6O7S/c1-10-23(4)32(42-37(50)38(7)16-11-17-43(38)8)35(47)44(9)30(22(2)3)20-31(51-25(6)45)34-41-29(21-52-34)33(46)40-28(18-24(5)36(48)49)19-26-12-14-27(39)15-13-26/h12-15,21-24,28,30-32H,10-11,16-20,39H2,1-9H3,(H,40,46)(H,42,50)(H,48,49)/t23?,24-,28+,30+,31+,32-,38+/m0/s1. The summed E-state index contributed by atoms with van der Waals surface area (Å²) in [6.45, 7) is 13.5. The minimum atomic E-state index is -0.964. The van der Waals surface area contributed by atoms with Crippen molar-refractivity contribution in [2.24, 2.45) is 17.8 Å². The molecule has 3 amide bonds. The molecular formula is C38H58N6O7S. The second-order valence-electron chi connectivity index (χ2n) is 14.9. The highest BCUT2D eigenvalue weighted by Crippen LogP contribution is 2.32. The molecule has 52 heavy (non-hydrogen) atoms. The number of rotatable bonds is 18. The van der Waals surface area contributed by atoms with Crippen LogP contribution >= 0.6 is 11.3 Å². The van der Waals surface area contributed by atoms with Gasteiger partial charge in [0.2, 0.25) is 11.8 Å². The van der Waals surface area contributed by atoms with Crippen molar-refractivity contribution in [3.05, 3.63) is 45.9 Å². The van der Waals surface area contributed by atoms with Crippen LogP contribution in [0.1, 0.15) is 108 Å². The number of ether oxygens (including phenoxy) is 1. The van der Waals surface area contributed by atoms with Crippen LogP contribution in [0.25, 0.3) is 0 Å². The third kappa shape index (κ3) is 11.0. The number of carboxylic acid groups (broad SMARTS) is 1. The average Bonchev–Trinajstić information content (AvgIpc) is 3.72. The zero-order chi connectivity index (χ0) is 38.9. The van der Waals surface area contributed by atoms with Gasteiger partial charge in [0.15, 0.2) is 6.10 Å². The van der Waals surface area contributed by atoms with Crippen LogP contribution in [-0.4, -0.2) is 93.9 Å². The van der Waals surface area contributed by atoms with E-state index in [2.05, 4.69) is 15.6 Å². The Balaban J connectivity index is 1.83. The average molecular weight is 743 g/mol. The maximum atomic E-state index is 14.2. The Morgan fingerprint density at radius 3 is 2.29 bits per heavy atom. The topological polar surface area (TPSA) is 184 Å². The molecule has 2 aromatic rings. The number of aliphatic carboxylic acids is 1. The molecule has 0 saturated carbocycles. The largest absolute Gasteiger partial charge is 0.481 e. The second-order valence-corrected chi connectivity index (χ2v) is 15.8. The van der Waals surface area contributed by atoms with Crippen LogP contribution in [0.3, 0.4) is 0 Å². The highest BCUT2D eigenvalue weighted by molar-refractivity contribution is 7.09. The molecule has 0 bridgehead atoms. The van der Waals surface area contributed by atoms with Crippen LogP contribution < -0.4 is 16.4 Å². The van der Waals surface area contributed by atoms with Crippen LogP contribution in [-0.2, 0) is 30.3 Å². The third-order valence-corrected chi connectivity index (χ3v) is 11.5. The molecular weight excluding hydrogens is 685 g/mol. The number of hydrogen-bond acceptors (Lipinski definition) is 10. The van der Waals surface area contributed by atoms with E-state index >= 15 is 0 Å². The molecule has 0 spiro atoms. The number of anilines is 1. The molecule has 1 aromatic carbocycles. The lowest BCUT2D eigenvalue weighted by atomic mass is 9.91. The van der Waals surface area contributed by atoms with Gasteiger partial charge in [-0.15, -0.1) is 11.3 Å². The number of carbonyl (C=O) groups is 5. The van der Waals surface area contributed by atoms with E-state index in [4.69, 9.17) is 10.5 Å². The Morgan fingerprint density at radius 1 is 1.10 bits per heavy atom. The maximum absolute atomic E-state index is 14.2. The first-order valence-corrected chi connectivity index (χ1v) is 19.0. The van der Waals surface area contributed by atoms with Gasteiger partial charge < -0.3 is 31.1 Å². The lowest BCUT2D eigenvalue weighted by molar-refractivity contribution is -0.149. The Labute approximate surface area is 312 Å². The number of likely N-dealkylation sites (N-methyl/N-ethyl adjacent to an activating group) is 2. The summed E-state index contributed by atoms with van der Waals surface area (Å²) in [7, 11) is 3.64. The number of likely N-dealkylation sites (tertiary alicyclic amines) is 1. The van der Waals surface area contributed by atoms with Crippen LogP contribution in [0.15, 0.2) is 29.6 Å². The molecule has 1 unspecified atom stereocenters. The Hall–Kier alpha value is -4.04. The fourth-order valence-electron chi connectivity index (χ4n) is 6.70. The van der Waals surface area contributed by atoms with Crippen molar-refractivity contribution in [1.82, 2.24) is 25.4 Å². The first-order chi connectivity index (χ1) is 24.4. The normalized spacial score (nSPS) is 19.6. The molecule has 5 N–H and O–H groups in total. The first kappa shape index (κ1) is 42.4. The summed E-state index contributed by atoms with van der Waals surface area (Å²) < 4.78 is 5.76. The number of amides is 3. The lowest BCUT2D eigenvalue weighted by Gasteiger charge is -2.38. The molecule has 13 nitrogen and oxygen atoms in total. The zero-order valence-corrected chi connectivity index (χ0v) is 32.9. The second kappa shape index (κ2) is 18.6. The number of carbonyl (C=O) groups excluding carboxylic acids is 4. The SMILES string of the molecule is CCC(C)[C@H](NC(=O)[C@@]1(C)CCCN1C)C(=O)N(C)[C@H](C[C@@H](OC(C)=O)c1nc(C(=O)N[C@@H](Cc2ccc(N)cc2)C[C@H](C)C(=O)O)cs1)C(C)C. The molecule has 1 saturated heterocycles. The summed E-state index contributed by atoms with van der Waals surface area (Å²) in [5.41, 5.74) is 6.73. The molecule has 0 aliphatic carbocycles. The van der Waals surface area contributed by atoms with E-state index in [-0.39, 0.29) is 42.2 Å². The summed E-state index contributed by atoms with van der Waals surface area (Å²) in [5.74, 6) is -3.27. The number of nitrogen functional groups attached to an aromatic ring is 1. The van der Waals surface area contributed by atoms with E-state index in [1.807, 2.05) is 58.7 Å². The molecule has 1 aliphatic rings. The molecule has 7 atom stereocenters. The fraction of sp³-hybridized carbons (Fsp3) is 0.632. The van der Waals surface area contributed by atoms with Crippen LogP contribution in [0.5, 0.6) is 0 Å². The Bertz CT molecular complexity index is 1550. The van der Waals surface area contributed by atoms with E-state index in [9.17, 15) is 29.1 Å². The number of aromatic nitrogens is 1. The maximum Gasteiger partial charge on any atom is 0.306 e. The molecule has 1 aliphatic heterocycles. The summed E-state index contributed by atoms with van der Waals surface area (Å²) in [5, 5.41) is 17.6. The molecule has 2 heterocycles. The molecule has 1 fully saturated rings. The van der Waals surface area contributed by atoms with Gasteiger partial charge in [0.05, 0.1) is 11.5 Å². The number of nitrogens with two attached hydrogens (primary N) is 1. The van der Waals surface area contributed by atoms with Gasteiger partial charge in [0.25, 0.3) is 5.91 Å². The van der Waals surface area contributed by atoms with Crippen LogP contribution in [0.4, 0.5) is 5.69 Å². The van der Waals surface area contributed by atoms with E-state index in [1.165, 1.54) is 18.3 Å². The summed E-state index contributed by atoms with van der Waals surface area (Å²) in [6, 6.07) is 5.52. The number of benzene rings is 1. The number of carboxylic acids is 1. The predicted molar refractivity (Wildman–Crippen MR) is 202 cm³/mol. The van der Waals surface area contributed by atoms with Crippen LogP contribution in [0.2, 0.25) is 0 Å². The molecule has 0 radical (unpaired) electrons. The minimum absolute atomic E-state index is 0.0631. The number of nitrogens with zero attached hydrogens (tertiary/aromatic N) is 3. The lowest BCUT2D eigenvalue weighted by Crippen LogP contribution is -2.60. The van der Waals surface area contributed by atoms with E-state index in [1.54, 1.807) is 36.4 Å². The van der Waals surface area contributed by atoms with E-state index in [0.717, 1.165) is 18.5 Å². The Morgan fingerprint density at radius 2 is 1.75 bits per heavy atom. The molecule has 3 rings (SSSR count). The van der Waals surface area contributed by atoms with E-state index in [0.29, 0.717) is 30.0 Å². The van der Waals surface area contributed by atoms with E-state index < -0.39 is 53.5 Å². The van der Waals surface area contributed by atoms with Gasteiger partial charge in [-0.3, -0.25) is 28.9 Å². The number of esters is 1. The highest BCUT2D eigenvalue weighted by atomic mass is 32.1. The Kier molecular flexibility index (Phi) is 15.2. The minimum Gasteiger partial charge on any atom is -0.481 e. The predicted octanol–water partition coefficient (Wildman–Crippen LogP) is 4.67. The zero-order valence-electron chi connectivity index (χ0n) is 32.1. The van der Waals surface area contributed by atoms with Crippen molar-refractivity contribution in [1.29, 1.82) is 0 Å². The van der Waals surface area contributed by atoms with Crippen molar-refractivity contribution in [3.8, 4) is 0 Å². The van der Waals surface area contributed by atoms with Crippen molar-refractivity contribution in [2.75, 3.05) is 26.4 Å². The monoisotopic (exact) mass is 742 g/mol. The van der Waals surface area contributed by atoms with Gasteiger partial charge in [0, 0.05) is 43.5 Å². The van der Waals surface area contributed by atoms with Crippen LogP contribution in [0, 0.1) is 17.8 Å². The van der Waals surface area contributed by atoms with Gasteiger partial charge in [-0.2, -0.15) is 0 Å².